The van der Waals surface area contributed by atoms with Crippen LogP contribution in [-0.2, 0) is 0 Å². The van der Waals surface area contributed by atoms with Gasteiger partial charge in [0.1, 0.15) is 5.70 Å². The van der Waals surface area contributed by atoms with E-state index in [-0.39, 0.29) is 5.56 Å². The van der Waals surface area contributed by atoms with Crippen molar-refractivity contribution in [3.05, 3.63) is 35.8 Å². The lowest BCUT2D eigenvalue weighted by Gasteiger charge is -2.26. The van der Waals surface area contributed by atoms with Crippen molar-refractivity contribution in [1.82, 2.24) is 14.8 Å². The number of carbonyl (C=O) groups is 1. The van der Waals surface area contributed by atoms with E-state index < -0.39 is 5.97 Å². The van der Waals surface area contributed by atoms with Crippen LogP contribution in [0.4, 0.5) is 0 Å². The standard InChI is InChI=1S/C19H26N4O2/c1-20-17(16-12-15(19(24)25)7-8-21-16)13-22(2)10-11-23-9-3-4-18(23)14-5-6-14/h7-8,12-14,18H,1,3-6,9-11H2,2H3,(H,24,25)/b17-13-/t18-/m1/s1. The van der Waals surface area contributed by atoms with Crippen molar-refractivity contribution in [1.29, 1.82) is 0 Å². The third kappa shape index (κ3) is 4.45. The summed E-state index contributed by atoms with van der Waals surface area (Å²) in [7, 11) is 2.01. The molecule has 1 aliphatic carbocycles. The molecule has 1 saturated heterocycles. The van der Waals surface area contributed by atoms with Gasteiger partial charge in [0.25, 0.3) is 0 Å². The van der Waals surface area contributed by atoms with E-state index >= 15 is 0 Å². The molecule has 2 heterocycles. The average molecular weight is 342 g/mol. The highest BCUT2D eigenvalue weighted by atomic mass is 16.4. The smallest absolute Gasteiger partial charge is 0.335 e. The van der Waals surface area contributed by atoms with Gasteiger partial charge in [-0.05, 0) is 57.0 Å². The fourth-order valence-corrected chi connectivity index (χ4v) is 3.60. The molecule has 1 aromatic rings. The number of pyridine rings is 1. The lowest BCUT2D eigenvalue weighted by molar-refractivity contribution is 0.0696. The summed E-state index contributed by atoms with van der Waals surface area (Å²) in [6.07, 6.45) is 8.83. The Balaban J connectivity index is 1.62. The van der Waals surface area contributed by atoms with Crippen LogP contribution in [0.3, 0.4) is 0 Å². The SMILES string of the molecule is C=N/C(=C\N(C)CCN1CCC[C@@H]1C1CC1)c1cc(C(=O)O)ccn1. The highest BCUT2D eigenvalue weighted by molar-refractivity contribution is 5.88. The van der Waals surface area contributed by atoms with Gasteiger partial charge in [0.05, 0.1) is 11.3 Å². The third-order valence-corrected chi connectivity index (χ3v) is 5.10. The zero-order valence-electron chi connectivity index (χ0n) is 14.8. The average Bonchev–Trinajstić information content (AvgIpc) is 3.36. The third-order valence-electron chi connectivity index (χ3n) is 5.10. The first-order valence-corrected chi connectivity index (χ1v) is 8.91. The van der Waals surface area contributed by atoms with Crippen LogP contribution in [0.15, 0.2) is 29.5 Å². The molecule has 1 N–H and O–H groups in total. The first-order chi connectivity index (χ1) is 12.1. The van der Waals surface area contributed by atoms with Crippen LogP contribution in [0.25, 0.3) is 5.70 Å². The van der Waals surface area contributed by atoms with Crippen molar-refractivity contribution in [3.8, 4) is 0 Å². The molecule has 0 amide bonds. The van der Waals surface area contributed by atoms with Crippen LogP contribution < -0.4 is 0 Å². The second-order valence-corrected chi connectivity index (χ2v) is 6.97. The van der Waals surface area contributed by atoms with Crippen LogP contribution in [0.5, 0.6) is 0 Å². The molecule has 0 bridgehead atoms. The minimum Gasteiger partial charge on any atom is -0.478 e. The van der Waals surface area contributed by atoms with Gasteiger partial charge in [-0.15, -0.1) is 0 Å². The Morgan fingerprint density at radius 1 is 1.52 bits per heavy atom. The summed E-state index contributed by atoms with van der Waals surface area (Å²) in [5.74, 6) is -0.0442. The maximum absolute atomic E-state index is 11.1. The topological polar surface area (TPSA) is 69.0 Å². The number of carboxylic acids is 1. The lowest BCUT2D eigenvalue weighted by Crippen LogP contribution is -2.36. The zero-order valence-corrected chi connectivity index (χ0v) is 14.8. The van der Waals surface area contributed by atoms with Crippen LogP contribution in [-0.4, -0.2) is 65.3 Å². The summed E-state index contributed by atoms with van der Waals surface area (Å²) in [6, 6.07) is 3.78. The molecule has 0 aromatic carbocycles. The van der Waals surface area contributed by atoms with Gasteiger partial charge in [-0.3, -0.25) is 14.9 Å². The molecular formula is C19H26N4O2. The number of aromatic nitrogens is 1. The van der Waals surface area contributed by atoms with E-state index in [9.17, 15) is 4.79 Å². The van der Waals surface area contributed by atoms with Crippen LogP contribution in [0.2, 0.25) is 0 Å². The van der Waals surface area contributed by atoms with Gasteiger partial charge >= 0.3 is 5.97 Å². The molecule has 0 unspecified atom stereocenters. The van der Waals surface area contributed by atoms with Gasteiger partial charge in [0.2, 0.25) is 0 Å². The molecule has 2 aliphatic rings. The number of aromatic carboxylic acids is 1. The molecule has 6 nitrogen and oxygen atoms in total. The molecule has 1 saturated carbocycles. The summed E-state index contributed by atoms with van der Waals surface area (Å²) in [6.45, 7) is 6.75. The fourth-order valence-electron chi connectivity index (χ4n) is 3.60. The molecule has 2 fully saturated rings. The van der Waals surface area contributed by atoms with Gasteiger partial charge in [0, 0.05) is 38.6 Å². The molecule has 134 valence electrons. The van der Waals surface area contributed by atoms with Crippen molar-refractivity contribution < 1.29 is 9.90 Å². The Morgan fingerprint density at radius 2 is 2.32 bits per heavy atom. The predicted molar refractivity (Wildman–Crippen MR) is 98.7 cm³/mol. The maximum atomic E-state index is 11.1. The Labute approximate surface area is 148 Å². The fraction of sp³-hybridized carbons (Fsp3) is 0.526. The number of hydrogen-bond acceptors (Lipinski definition) is 5. The van der Waals surface area contributed by atoms with Crippen molar-refractivity contribution in [2.75, 3.05) is 26.7 Å². The number of hydrogen-bond donors (Lipinski definition) is 1. The van der Waals surface area contributed by atoms with E-state index in [2.05, 4.69) is 26.5 Å². The molecule has 0 radical (unpaired) electrons. The van der Waals surface area contributed by atoms with Gasteiger partial charge < -0.3 is 10.0 Å². The number of nitrogens with zero attached hydrogens (tertiary/aromatic N) is 4. The molecule has 6 heteroatoms. The molecule has 1 atom stereocenters. The molecule has 3 rings (SSSR count). The predicted octanol–water partition coefficient (Wildman–Crippen LogP) is 2.59. The van der Waals surface area contributed by atoms with Crippen molar-refractivity contribution in [2.45, 2.75) is 31.7 Å². The molecule has 1 aliphatic heterocycles. The van der Waals surface area contributed by atoms with Crippen LogP contribution in [0.1, 0.15) is 41.7 Å². The van der Waals surface area contributed by atoms with E-state index in [1.54, 1.807) is 0 Å². The molecule has 0 spiro atoms. The van der Waals surface area contributed by atoms with Crippen LogP contribution in [0, 0.1) is 5.92 Å². The Morgan fingerprint density at radius 3 is 3.00 bits per heavy atom. The monoisotopic (exact) mass is 342 g/mol. The van der Waals surface area contributed by atoms with E-state index in [1.807, 2.05) is 13.2 Å². The highest BCUT2D eigenvalue weighted by Gasteiger charge is 2.37. The minimum atomic E-state index is -0.972. The summed E-state index contributed by atoms with van der Waals surface area (Å²) in [5.41, 5.74) is 1.32. The Bertz CT molecular complexity index is 669. The molecule has 1 aromatic heterocycles. The molecular weight excluding hydrogens is 316 g/mol. The van der Waals surface area contributed by atoms with Crippen LogP contribution >= 0.6 is 0 Å². The maximum Gasteiger partial charge on any atom is 0.335 e. The van der Waals surface area contributed by atoms with Crippen molar-refractivity contribution in [3.63, 3.8) is 0 Å². The molecule has 25 heavy (non-hydrogen) atoms. The van der Waals surface area contributed by atoms with E-state index in [0.29, 0.717) is 11.4 Å². The van der Waals surface area contributed by atoms with Gasteiger partial charge in [0.15, 0.2) is 0 Å². The minimum absolute atomic E-state index is 0.201. The Kier molecular flexibility index (Phi) is 5.48. The second-order valence-electron chi connectivity index (χ2n) is 6.97. The lowest BCUT2D eigenvalue weighted by atomic mass is 10.1. The van der Waals surface area contributed by atoms with Gasteiger partial charge in [-0.1, -0.05) is 0 Å². The van der Waals surface area contributed by atoms with E-state index in [0.717, 1.165) is 25.0 Å². The summed E-state index contributed by atoms with van der Waals surface area (Å²) in [5, 5.41) is 9.12. The highest BCUT2D eigenvalue weighted by Crippen LogP contribution is 2.39. The number of likely N-dealkylation sites (tertiary alicyclic amines) is 1. The largest absolute Gasteiger partial charge is 0.478 e. The number of rotatable bonds is 8. The van der Waals surface area contributed by atoms with Gasteiger partial charge in [-0.25, -0.2) is 4.79 Å². The van der Waals surface area contributed by atoms with Crippen molar-refractivity contribution in [2.24, 2.45) is 10.9 Å². The van der Waals surface area contributed by atoms with Crippen molar-refractivity contribution >= 4 is 18.4 Å². The quantitative estimate of drug-likeness (QED) is 0.736. The van der Waals surface area contributed by atoms with Gasteiger partial charge in [-0.2, -0.15) is 0 Å². The Hall–Kier alpha value is -2.21. The van der Waals surface area contributed by atoms with E-state index in [1.165, 1.54) is 50.6 Å². The zero-order chi connectivity index (χ0) is 17.8. The summed E-state index contributed by atoms with van der Waals surface area (Å²) >= 11 is 0. The summed E-state index contributed by atoms with van der Waals surface area (Å²) in [4.78, 5) is 24.1. The second kappa shape index (κ2) is 7.78. The number of carboxylic acid groups (broad SMARTS) is 1. The first-order valence-electron chi connectivity index (χ1n) is 8.91. The first kappa shape index (κ1) is 17.6. The number of likely N-dealkylation sites (N-methyl/N-ethyl adjacent to an activating group) is 1. The van der Waals surface area contributed by atoms with E-state index in [4.69, 9.17) is 5.11 Å². The normalized spacial score (nSPS) is 21.3. The summed E-state index contributed by atoms with van der Waals surface area (Å²) < 4.78 is 0. The number of aliphatic imine (C=N–C) groups is 1.